The molecule has 0 aliphatic heterocycles. The molecule has 0 rings (SSSR count). The van der Waals surface area contributed by atoms with Gasteiger partial charge in [-0.1, -0.05) is 155 Å². The van der Waals surface area contributed by atoms with Crippen molar-refractivity contribution in [1.82, 2.24) is 0 Å². The zero-order valence-electron chi connectivity index (χ0n) is 22.8. The van der Waals surface area contributed by atoms with Crippen molar-refractivity contribution in [2.45, 2.75) is 180 Å². The van der Waals surface area contributed by atoms with E-state index in [0.29, 0.717) is 13.2 Å². The van der Waals surface area contributed by atoms with Crippen molar-refractivity contribution in [3.8, 4) is 0 Å². The number of hydrogen-bond acceptors (Lipinski definition) is 3. The summed E-state index contributed by atoms with van der Waals surface area (Å²) in [6, 6.07) is 0. The van der Waals surface area contributed by atoms with E-state index in [0.717, 1.165) is 25.7 Å². The van der Waals surface area contributed by atoms with E-state index in [1.807, 2.05) is 0 Å². The Morgan fingerprint density at radius 2 is 0.636 bits per heavy atom. The lowest BCUT2D eigenvalue weighted by atomic mass is 10.0. The van der Waals surface area contributed by atoms with E-state index in [1.165, 1.54) is 128 Å². The molecule has 2 N–H and O–H groups in total. The van der Waals surface area contributed by atoms with Gasteiger partial charge in [0.1, 0.15) is 0 Å². The molecular weight excluding hydrogens is 408 g/mol. The normalized spacial score (nSPS) is 13.5. The molecule has 200 valence electrons. The zero-order chi connectivity index (χ0) is 24.2. The quantitative estimate of drug-likeness (QED) is 0.112. The topological polar surface area (TPSA) is 49.7 Å². The second kappa shape index (κ2) is 28.1. The van der Waals surface area contributed by atoms with E-state index in [9.17, 15) is 10.2 Å². The number of aliphatic hydroxyl groups is 2. The van der Waals surface area contributed by atoms with Gasteiger partial charge < -0.3 is 14.9 Å². The highest BCUT2D eigenvalue weighted by atomic mass is 16.5. The second-order valence-corrected chi connectivity index (χ2v) is 10.5. The Hall–Kier alpha value is -0.120. The van der Waals surface area contributed by atoms with E-state index in [1.54, 1.807) is 0 Å². The highest BCUT2D eigenvalue weighted by Crippen LogP contribution is 2.14. The van der Waals surface area contributed by atoms with Gasteiger partial charge in [-0.15, -0.1) is 0 Å². The standard InChI is InChI=1S/C30H62O3/c1-3-5-7-9-11-13-15-17-19-21-23-25-29(31)27-33-28-30(32)26-24-22-20-18-16-14-12-10-8-6-4-2/h29-32H,3-28H2,1-2H3. The van der Waals surface area contributed by atoms with Crippen molar-refractivity contribution >= 4 is 0 Å². The van der Waals surface area contributed by atoms with Gasteiger partial charge in [0.2, 0.25) is 0 Å². The summed E-state index contributed by atoms with van der Waals surface area (Å²) in [5.41, 5.74) is 0. The summed E-state index contributed by atoms with van der Waals surface area (Å²) in [5.74, 6) is 0. The summed E-state index contributed by atoms with van der Waals surface area (Å²) in [4.78, 5) is 0. The molecule has 3 nitrogen and oxygen atoms in total. The van der Waals surface area contributed by atoms with Crippen molar-refractivity contribution in [2.75, 3.05) is 13.2 Å². The van der Waals surface area contributed by atoms with Crippen molar-refractivity contribution in [2.24, 2.45) is 0 Å². The average Bonchev–Trinajstić information content (AvgIpc) is 2.81. The van der Waals surface area contributed by atoms with Gasteiger partial charge in [0.25, 0.3) is 0 Å². The van der Waals surface area contributed by atoms with E-state index in [4.69, 9.17) is 4.74 Å². The third-order valence-electron chi connectivity index (χ3n) is 6.90. The van der Waals surface area contributed by atoms with E-state index in [-0.39, 0.29) is 12.2 Å². The molecule has 0 saturated heterocycles. The van der Waals surface area contributed by atoms with Crippen LogP contribution >= 0.6 is 0 Å². The fourth-order valence-corrected chi connectivity index (χ4v) is 4.60. The minimum Gasteiger partial charge on any atom is -0.391 e. The van der Waals surface area contributed by atoms with Crippen molar-refractivity contribution < 1.29 is 14.9 Å². The number of aliphatic hydroxyl groups excluding tert-OH is 2. The lowest BCUT2D eigenvalue weighted by Crippen LogP contribution is -2.21. The summed E-state index contributed by atoms with van der Waals surface area (Å²) in [7, 11) is 0. The fraction of sp³-hybridized carbons (Fsp3) is 1.00. The zero-order valence-corrected chi connectivity index (χ0v) is 22.8. The van der Waals surface area contributed by atoms with Crippen LogP contribution in [0.1, 0.15) is 168 Å². The monoisotopic (exact) mass is 470 g/mol. The molecule has 0 bridgehead atoms. The summed E-state index contributed by atoms with van der Waals surface area (Å²) >= 11 is 0. The number of hydrogen-bond donors (Lipinski definition) is 2. The third kappa shape index (κ3) is 28.0. The molecule has 0 spiro atoms. The molecule has 0 aromatic carbocycles. The summed E-state index contributed by atoms with van der Waals surface area (Å²) in [6.07, 6.45) is 30.2. The van der Waals surface area contributed by atoms with Crippen LogP contribution in [0.3, 0.4) is 0 Å². The van der Waals surface area contributed by atoms with Gasteiger partial charge in [-0.3, -0.25) is 0 Å². The first kappa shape index (κ1) is 32.9. The molecule has 3 heteroatoms. The lowest BCUT2D eigenvalue weighted by Gasteiger charge is -2.14. The molecule has 0 heterocycles. The highest BCUT2D eigenvalue weighted by Gasteiger charge is 2.08. The van der Waals surface area contributed by atoms with Crippen LogP contribution in [0, 0.1) is 0 Å². The predicted octanol–water partition coefficient (Wildman–Crippen LogP) is 9.13. The van der Waals surface area contributed by atoms with E-state index in [2.05, 4.69) is 13.8 Å². The fourth-order valence-electron chi connectivity index (χ4n) is 4.60. The number of rotatable bonds is 28. The van der Waals surface area contributed by atoms with E-state index < -0.39 is 0 Å². The van der Waals surface area contributed by atoms with Crippen LogP contribution in [-0.2, 0) is 4.74 Å². The Kier molecular flexibility index (Phi) is 28.0. The molecule has 2 atom stereocenters. The van der Waals surface area contributed by atoms with Crippen LogP contribution < -0.4 is 0 Å². The van der Waals surface area contributed by atoms with Gasteiger partial charge in [0.15, 0.2) is 0 Å². The smallest absolute Gasteiger partial charge is 0.0773 e. The molecule has 0 aliphatic rings. The first-order valence-electron chi connectivity index (χ1n) is 15.1. The third-order valence-corrected chi connectivity index (χ3v) is 6.90. The minimum atomic E-state index is -0.377. The predicted molar refractivity (Wildman–Crippen MR) is 145 cm³/mol. The summed E-state index contributed by atoms with van der Waals surface area (Å²) < 4.78 is 5.56. The van der Waals surface area contributed by atoms with Crippen LogP contribution in [0.2, 0.25) is 0 Å². The van der Waals surface area contributed by atoms with Crippen LogP contribution in [-0.4, -0.2) is 35.6 Å². The van der Waals surface area contributed by atoms with Gasteiger partial charge >= 0.3 is 0 Å². The molecule has 0 amide bonds. The van der Waals surface area contributed by atoms with E-state index >= 15 is 0 Å². The Bertz CT molecular complexity index is 315. The Labute approximate surface area is 208 Å². The van der Waals surface area contributed by atoms with Crippen molar-refractivity contribution in [3.05, 3.63) is 0 Å². The molecule has 0 fully saturated rings. The maximum absolute atomic E-state index is 10.1. The molecule has 0 saturated carbocycles. The maximum atomic E-state index is 10.1. The average molecular weight is 471 g/mol. The van der Waals surface area contributed by atoms with Gasteiger partial charge in [0.05, 0.1) is 25.4 Å². The van der Waals surface area contributed by atoms with Gasteiger partial charge in [-0.25, -0.2) is 0 Å². The Balaban J connectivity index is 3.27. The SMILES string of the molecule is CCCCCCCCCCCCCC(O)COCC(O)CCCCCCCCCCCCC. The number of unbranched alkanes of at least 4 members (excludes halogenated alkanes) is 20. The van der Waals surface area contributed by atoms with Crippen LogP contribution in [0.15, 0.2) is 0 Å². The molecule has 33 heavy (non-hydrogen) atoms. The van der Waals surface area contributed by atoms with Crippen LogP contribution in [0.5, 0.6) is 0 Å². The van der Waals surface area contributed by atoms with Gasteiger partial charge in [-0.05, 0) is 12.8 Å². The Morgan fingerprint density at radius 3 is 0.909 bits per heavy atom. The van der Waals surface area contributed by atoms with Gasteiger partial charge in [-0.2, -0.15) is 0 Å². The van der Waals surface area contributed by atoms with Gasteiger partial charge in [0, 0.05) is 0 Å². The second-order valence-electron chi connectivity index (χ2n) is 10.5. The molecule has 0 radical (unpaired) electrons. The lowest BCUT2D eigenvalue weighted by molar-refractivity contribution is -0.0129. The molecule has 0 aromatic rings. The molecule has 2 unspecified atom stereocenters. The van der Waals surface area contributed by atoms with Crippen molar-refractivity contribution in [1.29, 1.82) is 0 Å². The largest absolute Gasteiger partial charge is 0.391 e. The Morgan fingerprint density at radius 1 is 0.394 bits per heavy atom. The maximum Gasteiger partial charge on any atom is 0.0773 e. The molecular formula is C30H62O3. The summed E-state index contributed by atoms with van der Waals surface area (Å²) in [5, 5.41) is 20.2. The minimum absolute atomic E-state index is 0.368. The number of ether oxygens (including phenoxy) is 1. The molecule has 0 aromatic heterocycles. The van der Waals surface area contributed by atoms with Crippen molar-refractivity contribution in [3.63, 3.8) is 0 Å². The highest BCUT2D eigenvalue weighted by molar-refractivity contribution is 4.59. The molecule has 0 aliphatic carbocycles. The first-order valence-corrected chi connectivity index (χ1v) is 15.1. The van der Waals surface area contributed by atoms with Crippen LogP contribution in [0.4, 0.5) is 0 Å². The summed E-state index contributed by atoms with van der Waals surface area (Å²) in [6.45, 7) is 5.28. The van der Waals surface area contributed by atoms with Crippen LogP contribution in [0.25, 0.3) is 0 Å². The first-order chi connectivity index (χ1) is 16.2.